The minimum Gasteiger partial charge on any atom is -0.459 e. The number of esters is 1. The van der Waals surface area contributed by atoms with Gasteiger partial charge in [-0.2, -0.15) is 4.31 Å². The van der Waals surface area contributed by atoms with Gasteiger partial charge in [-0.3, -0.25) is 4.79 Å². The normalized spacial score (nSPS) is 22.1. The van der Waals surface area contributed by atoms with Crippen LogP contribution in [0.5, 0.6) is 0 Å². The van der Waals surface area contributed by atoms with Crippen molar-refractivity contribution in [3.8, 4) is 0 Å². The van der Waals surface area contributed by atoms with Crippen LogP contribution in [-0.2, 0) is 35.7 Å². The van der Waals surface area contributed by atoms with Crippen LogP contribution in [0.1, 0.15) is 25.0 Å². The lowest BCUT2D eigenvalue weighted by molar-refractivity contribution is -0.166. The van der Waals surface area contributed by atoms with Crippen LogP contribution in [-0.4, -0.2) is 68.2 Å². The molecule has 14 heteroatoms. The highest BCUT2D eigenvalue weighted by Crippen LogP contribution is 2.53. The topological polar surface area (TPSA) is 110 Å². The van der Waals surface area contributed by atoms with Gasteiger partial charge in [0.25, 0.3) is 15.9 Å². The van der Waals surface area contributed by atoms with Crippen molar-refractivity contribution in [1.82, 2.24) is 9.21 Å². The van der Waals surface area contributed by atoms with Crippen molar-refractivity contribution in [2.75, 3.05) is 6.61 Å². The minimum atomic E-state index is -4.59. The Morgan fingerprint density at radius 2 is 1.67 bits per heavy atom. The minimum absolute atomic E-state index is 0.00429. The number of nitrogens with zero attached hydrogens (tertiary/aromatic N) is 2. The zero-order valence-electron chi connectivity index (χ0n) is 21.0. The van der Waals surface area contributed by atoms with Gasteiger partial charge in [0, 0.05) is 4.75 Å². The number of β-lactam (4-membered cyclic amide) rings is 1. The summed E-state index contributed by atoms with van der Waals surface area (Å²) in [7, 11) is -4.59. The van der Waals surface area contributed by atoms with E-state index in [2.05, 4.69) is 0 Å². The first kappa shape index (κ1) is 29.8. The van der Waals surface area contributed by atoms with Crippen molar-refractivity contribution >= 4 is 74.6 Å². The van der Waals surface area contributed by atoms with Gasteiger partial charge in [0.05, 0.1) is 4.90 Å². The molecule has 2 aliphatic rings. The molecular formula is C25H25Cl3N2O7S2. The lowest BCUT2D eigenvalue weighted by atomic mass is 9.96. The largest absolute Gasteiger partial charge is 0.459 e. The Bertz CT molecular complexity index is 1370. The fourth-order valence-corrected chi connectivity index (χ4v) is 7.76. The van der Waals surface area contributed by atoms with E-state index < -0.39 is 60.6 Å². The SMILES string of the molecule is Cc1ccc(S(=O)(=O)N(C(=O)OCC(Cl)(Cl)Cl)[C@@H]2C(=O)N3[C@@H]2SC(C)(C)[C@@H]3C(=O)OCc2ccccc2)cc1. The first-order chi connectivity index (χ1) is 18.1. The van der Waals surface area contributed by atoms with E-state index in [1.54, 1.807) is 45.0 Å². The average Bonchev–Trinajstić information content (AvgIpc) is 3.12. The molecule has 4 rings (SSSR count). The van der Waals surface area contributed by atoms with E-state index in [1.165, 1.54) is 28.8 Å². The number of carbonyl (C=O) groups excluding carboxylic acids is 3. The summed E-state index contributed by atoms with van der Waals surface area (Å²) in [5.74, 6) is -1.39. The van der Waals surface area contributed by atoms with Gasteiger partial charge in [0.2, 0.25) is 3.79 Å². The lowest BCUT2D eigenvalue weighted by Gasteiger charge is -2.47. The maximum absolute atomic E-state index is 13.7. The summed E-state index contributed by atoms with van der Waals surface area (Å²) in [5.41, 5.74) is 1.56. The molecule has 0 aromatic heterocycles. The lowest BCUT2D eigenvalue weighted by Crippen LogP contribution is -2.72. The molecule has 3 atom stereocenters. The maximum Gasteiger partial charge on any atom is 0.424 e. The molecule has 0 saturated carbocycles. The first-order valence-corrected chi connectivity index (χ1v) is 15.1. The summed E-state index contributed by atoms with van der Waals surface area (Å²) < 4.78 is 35.4. The third-order valence-electron chi connectivity index (χ3n) is 6.23. The number of fused-ring (bicyclic) bond motifs is 1. The van der Waals surface area contributed by atoms with E-state index in [-0.39, 0.29) is 11.5 Å². The summed E-state index contributed by atoms with van der Waals surface area (Å²) in [6.07, 6.45) is -1.38. The van der Waals surface area contributed by atoms with Crippen LogP contribution in [0.4, 0.5) is 4.79 Å². The van der Waals surface area contributed by atoms with Gasteiger partial charge in [-0.05, 0) is 38.5 Å². The van der Waals surface area contributed by atoms with Crippen LogP contribution in [0.25, 0.3) is 0 Å². The number of carbonyl (C=O) groups is 3. The second kappa shape index (κ2) is 11.0. The molecule has 2 aliphatic heterocycles. The quantitative estimate of drug-likeness (QED) is 0.245. The Kier molecular flexibility index (Phi) is 8.41. The fourth-order valence-electron chi connectivity index (χ4n) is 4.39. The predicted octanol–water partition coefficient (Wildman–Crippen LogP) is 4.67. The molecule has 2 heterocycles. The average molecular weight is 636 g/mol. The van der Waals surface area contributed by atoms with Crippen LogP contribution in [0, 0.1) is 6.92 Å². The smallest absolute Gasteiger partial charge is 0.424 e. The molecule has 2 aromatic carbocycles. The van der Waals surface area contributed by atoms with Crippen molar-refractivity contribution in [3.63, 3.8) is 0 Å². The summed E-state index contributed by atoms with van der Waals surface area (Å²) in [5, 5.41) is -0.873. The predicted molar refractivity (Wildman–Crippen MR) is 148 cm³/mol. The van der Waals surface area contributed by atoms with Gasteiger partial charge < -0.3 is 14.4 Å². The van der Waals surface area contributed by atoms with Crippen LogP contribution in [0.15, 0.2) is 59.5 Å². The molecule has 9 nitrogen and oxygen atoms in total. The number of amides is 2. The fraction of sp³-hybridized carbons (Fsp3) is 0.400. The van der Waals surface area contributed by atoms with E-state index in [4.69, 9.17) is 44.3 Å². The maximum atomic E-state index is 13.7. The Hall–Kier alpha value is -2.18. The van der Waals surface area contributed by atoms with Gasteiger partial charge in [0.1, 0.15) is 24.6 Å². The number of hydrogen-bond donors (Lipinski definition) is 0. The number of rotatable bonds is 7. The van der Waals surface area contributed by atoms with Crippen molar-refractivity contribution in [2.24, 2.45) is 0 Å². The zero-order valence-corrected chi connectivity index (χ0v) is 24.9. The summed E-state index contributed by atoms with van der Waals surface area (Å²) in [4.78, 5) is 40.8. The number of hydrogen-bond acceptors (Lipinski definition) is 8. The molecule has 39 heavy (non-hydrogen) atoms. The highest BCUT2D eigenvalue weighted by molar-refractivity contribution is 8.01. The highest BCUT2D eigenvalue weighted by atomic mass is 35.6. The second-order valence-electron chi connectivity index (χ2n) is 9.58. The van der Waals surface area contributed by atoms with Crippen LogP contribution in [0.2, 0.25) is 0 Å². The molecule has 2 amide bonds. The molecule has 0 unspecified atom stereocenters. The molecule has 0 radical (unpaired) electrons. The number of alkyl halides is 3. The van der Waals surface area contributed by atoms with Crippen molar-refractivity contribution in [2.45, 2.75) is 58.3 Å². The van der Waals surface area contributed by atoms with Gasteiger partial charge >= 0.3 is 12.1 Å². The van der Waals surface area contributed by atoms with Gasteiger partial charge in [-0.15, -0.1) is 11.8 Å². The molecule has 2 aromatic rings. The summed E-state index contributed by atoms with van der Waals surface area (Å²) >= 11 is 18.3. The van der Waals surface area contributed by atoms with Crippen molar-refractivity contribution < 1.29 is 32.3 Å². The molecular weight excluding hydrogens is 611 g/mol. The first-order valence-electron chi connectivity index (χ1n) is 11.7. The summed E-state index contributed by atoms with van der Waals surface area (Å²) in [6, 6.07) is 12.3. The Labute approximate surface area is 245 Å². The van der Waals surface area contributed by atoms with E-state index in [0.717, 1.165) is 11.1 Å². The van der Waals surface area contributed by atoms with Crippen LogP contribution in [0.3, 0.4) is 0 Å². The zero-order chi connectivity index (χ0) is 28.8. The number of thioether (sulfide) groups is 1. The summed E-state index contributed by atoms with van der Waals surface area (Å²) in [6.45, 7) is 4.51. The number of aryl methyl sites for hydroxylation is 1. The molecule has 2 fully saturated rings. The standard InChI is InChI=1S/C25H25Cl3N2O7S2/c1-15-9-11-17(12-10-15)39(34,35)30(23(33)37-14-25(26,27)28)18-20(31)29-19(24(2,3)38-21(18)29)22(32)36-13-16-7-5-4-6-8-16/h4-12,18-19,21H,13-14H2,1-3H3/t18-,19+,21-/m1/s1. The van der Waals surface area contributed by atoms with E-state index in [1.807, 2.05) is 18.2 Å². The Morgan fingerprint density at radius 3 is 2.26 bits per heavy atom. The third-order valence-corrected chi connectivity index (χ3v) is 9.88. The monoisotopic (exact) mass is 634 g/mol. The van der Waals surface area contributed by atoms with Crippen LogP contribution >= 0.6 is 46.6 Å². The highest BCUT2D eigenvalue weighted by Gasteiger charge is 2.68. The third kappa shape index (κ3) is 6.12. The van der Waals surface area contributed by atoms with E-state index >= 15 is 0 Å². The second-order valence-corrected chi connectivity index (χ2v) is 15.7. The number of sulfonamides is 1. The Balaban J connectivity index is 1.63. The number of ether oxygens (including phenoxy) is 2. The Morgan fingerprint density at radius 1 is 1.05 bits per heavy atom. The van der Waals surface area contributed by atoms with Gasteiger partial charge in [0.15, 0.2) is 6.04 Å². The van der Waals surface area contributed by atoms with Gasteiger partial charge in [-0.1, -0.05) is 82.8 Å². The molecule has 0 N–H and O–H groups in total. The number of halogens is 3. The van der Waals surface area contributed by atoms with E-state index in [0.29, 0.717) is 4.31 Å². The van der Waals surface area contributed by atoms with Gasteiger partial charge in [-0.25, -0.2) is 18.0 Å². The van der Waals surface area contributed by atoms with E-state index in [9.17, 15) is 22.8 Å². The molecule has 0 bridgehead atoms. The van der Waals surface area contributed by atoms with Crippen LogP contribution < -0.4 is 0 Å². The van der Waals surface area contributed by atoms with Crippen molar-refractivity contribution in [3.05, 3.63) is 65.7 Å². The molecule has 0 aliphatic carbocycles. The molecule has 210 valence electrons. The molecule has 0 spiro atoms. The number of benzene rings is 2. The van der Waals surface area contributed by atoms with Crippen molar-refractivity contribution in [1.29, 1.82) is 0 Å². The molecule has 2 saturated heterocycles.